The quantitative estimate of drug-likeness (QED) is 0.812. The van der Waals surface area contributed by atoms with Gasteiger partial charge in [0, 0.05) is 11.2 Å². The fourth-order valence-corrected chi connectivity index (χ4v) is 2.74. The van der Waals surface area contributed by atoms with Crippen molar-refractivity contribution < 1.29 is 4.74 Å². The summed E-state index contributed by atoms with van der Waals surface area (Å²) in [4.78, 5) is 4.00. The van der Waals surface area contributed by atoms with E-state index >= 15 is 0 Å². The zero-order chi connectivity index (χ0) is 14.9. The average Bonchev–Trinajstić information content (AvgIpc) is 2.35. The largest absolute Gasteiger partial charge is 0.454 e. The summed E-state index contributed by atoms with van der Waals surface area (Å²) in [5.41, 5.74) is 8.40. The number of nitrogens with two attached hydrogens (primary N) is 1. The molecule has 0 spiro atoms. The van der Waals surface area contributed by atoms with Crippen molar-refractivity contribution in [1.29, 1.82) is 0 Å². The van der Waals surface area contributed by atoms with Gasteiger partial charge in [-0.15, -0.1) is 0 Å². The van der Waals surface area contributed by atoms with Crippen LogP contribution in [0, 0.1) is 6.92 Å². The Balaban J connectivity index is 2.46. The molecule has 2 rings (SSSR count). The molecule has 0 atom stereocenters. The van der Waals surface area contributed by atoms with Crippen molar-refractivity contribution in [3.8, 4) is 11.5 Å². The third-order valence-corrected chi connectivity index (χ3v) is 3.90. The van der Waals surface area contributed by atoms with Crippen molar-refractivity contribution in [3.63, 3.8) is 0 Å². The van der Waals surface area contributed by atoms with Crippen LogP contribution in [0.5, 0.6) is 11.5 Å². The van der Waals surface area contributed by atoms with Crippen molar-refractivity contribution >= 4 is 33.2 Å². The molecule has 2 N–H and O–H groups in total. The molecular weight excluding hydrogens is 340 g/mol. The molecule has 0 aliphatic rings. The fourth-order valence-electron chi connectivity index (χ4n) is 1.88. The van der Waals surface area contributed by atoms with Crippen molar-refractivity contribution in [1.82, 2.24) is 4.98 Å². The maximum atomic E-state index is 6.26. The average molecular weight is 356 g/mol. The lowest BCUT2D eigenvalue weighted by Gasteiger charge is -2.16. The van der Waals surface area contributed by atoms with Crippen LogP contribution in [0.25, 0.3) is 0 Å². The lowest BCUT2D eigenvalue weighted by molar-refractivity contribution is 0.476. The summed E-state index contributed by atoms with van der Waals surface area (Å²) in [5, 5.41) is 0.756. The van der Waals surface area contributed by atoms with Gasteiger partial charge in [-0.2, -0.15) is 0 Å². The van der Waals surface area contributed by atoms with E-state index in [0.29, 0.717) is 17.4 Å². The smallest absolute Gasteiger partial charge is 0.167 e. The minimum Gasteiger partial charge on any atom is -0.454 e. The van der Waals surface area contributed by atoms with E-state index in [1.54, 1.807) is 12.4 Å². The van der Waals surface area contributed by atoms with Crippen LogP contribution < -0.4 is 10.5 Å². The van der Waals surface area contributed by atoms with Crippen molar-refractivity contribution in [2.45, 2.75) is 26.7 Å². The van der Waals surface area contributed by atoms with Crippen molar-refractivity contribution in [2.24, 2.45) is 0 Å². The van der Waals surface area contributed by atoms with E-state index in [1.165, 1.54) is 0 Å². The fraction of sp³-hybridized carbons (Fsp3) is 0.267. The van der Waals surface area contributed by atoms with E-state index in [9.17, 15) is 0 Å². The van der Waals surface area contributed by atoms with Crippen LogP contribution in [-0.4, -0.2) is 4.98 Å². The molecule has 0 saturated carbocycles. The minimum atomic E-state index is 0.323. The maximum absolute atomic E-state index is 6.26. The Morgan fingerprint density at radius 3 is 2.60 bits per heavy atom. The van der Waals surface area contributed by atoms with Gasteiger partial charge in [0.15, 0.2) is 5.75 Å². The number of nitrogen functional groups attached to an aromatic ring is 1. The number of rotatable bonds is 3. The van der Waals surface area contributed by atoms with E-state index < -0.39 is 0 Å². The molecule has 1 aromatic carbocycles. The summed E-state index contributed by atoms with van der Waals surface area (Å²) in [7, 11) is 0. The first-order chi connectivity index (χ1) is 9.40. The maximum Gasteiger partial charge on any atom is 0.167 e. The highest BCUT2D eigenvalue weighted by molar-refractivity contribution is 9.10. The third-order valence-electron chi connectivity index (χ3n) is 3.01. The SMILES string of the molecule is Cc1cc(Cl)c(C(C)C)cc1Oc1c(N)cncc1Br. The van der Waals surface area contributed by atoms with Gasteiger partial charge in [0.05, 0.1) is 16.4 Å². The zero-order valence-electron chi connectivity index (χ0n) is 11.6. The van der Waals surface area contributed by atoms with Crippen LogP contribution in [0.15, 0.2) is 29.0 Å². The number of anilines is 1. The highest BCUT2D eigenvalue weighted by Crippen LogP contribution is 2.38. The summed E-state index contributed by atoms with van der Waals surface area (Å²) >= 11 is 9.66. The molecule has 3 nitrogen and oxygen atoms in total. The first kappa shape index (κ1) is 15.1. The predicted octanol–water partition coefficient (Wildman–Crippen LogP) is 5.30. The van der Waals surface area contributed by atoms with Crippen LogP contribution in [0.3, 0.4) is 0 Å². The normalized spacial score (nSPS) is 10.9. The monoisotopic (exact) mass is 354 g/mol. The molecule has 0 fully saturated rings. The van der Waals surface area contributed by atoms with E-state index in [1.807, 2.05) is 19.1 Å². The number of hydrogen-bond donors (Lipinski definition) is 1. The van der Waals surface area contributed by atoms with Crippen LogP contribution in [-0.2, 0) is 0 Å². The number of benzene rings is 1. The Hall–Kier alpha value is -1.26. The molecule has 1 heterocycles. The number of aryl methyl sites for hydroxylation is 1. The molecule has 5 heteroatoms. The summed E-state index contributed by atoms with van der Waals surface area (Å²) < 4.78 is 6.67. The molecule has 0 unspecified atom stereocenters. The minimum absolute atomic E-state index is 0.323. The Bertz CT molecular complexity index is 624. The number of hydrogen-bond acceptors (Lipinski definition) is 3. The summed E-state index contributed by atoms with van der Waals surface area (Å²) in [6.45, 7) is 6.14. The van der Waals surface area contributed by atoms with Gasteiger partial charge in [-0.05, 0) is 52.0 Å². The Morgan fingerprint density at radius 1 is 1.30 bits per heavy atom. The lowest BCUT2D eigenvalue weighted by Crippen LogP contribution is -1.98. The molecule has 0 amide bonds. The molecule has 0 bridgehead atoms. The number of halogens is 2. The van der Waals surface area contributed by atoms with Gasteiger partial charge in [-0.3, -0.25) is 4.98 Å². The number of aromatic nitrogens is 1. The Labute approximate surface area is 132 Å². The van der Waals surface area contributed by atoms with E-state index in [-0.39, 0.29) is 0 Å². The molecule has 0 aliphatic carbocycles. The van der Waals surface area contributed by atoms with Crippen LogP contribution in [0.2, 0.25) is 5.02 Å². The van der Waals surface area contributed by atoms with Crippen LogP contribution in [0.1, 0.15) is 30.9 Å². The standard InChI is InChI=1S/C15H16BrClN2O/c1-8(2)10-5-14(9(3)4-12(10)17)20-15-11(16)6-19-7-13(15)18/h4-8H,18H2,1-3H3. The van der Waals surface area contributed by atoms with E-state index in [0.717, 1.165) is 26.4 Å². The number of ether oxygens (including phenoxy) is 1. The second kappa shape index (κ2) is 6.02. The highest BCUT2D eigenvalue weighted by atomic mass is 79.9. The molecule has 0 saturated heterocycles. The topological polar surface area (TPSA) is 48.1 Å². The van der Waals surface area contributed by atoms with Crippen LogP contribution in [0.4, 0.5) is 5.69 Å². The molecule has 0 radical (unpaired) electrons. The zero-order valence-corrected chi connectivity index (χ0v) is 13.9. The highest BCUT2D eigenvalue weighted by Gasteiger charge is 2.13. The first-order valence-electron chi connectivity index (χ1n) is 6.27. The molecule has 106 valence electrons. The predicted molar refractivity (Wildman–Crippen MR) is 86.7 cm³/mol. The molecule has 0 aliphatic heterocycles. The summed E-state index contributed by atoms with van der Waals surface area (Å²) in [6.07, 6.45) is 3.22. The van der Waals surface area contributed by atoms with Crippen LogP contribution >= 0.6 is 27.5 Å². The van der Waals surface area contributed by atoms with Gasteiger partial charge in [0.2, 0.25) is 0 Å². The molecular formula is C15H16BrClN2O. The summed E-state index contributed by atoms with van der Waals surface area (Å²) in [6, 6.07) is 3.88. The van der Waals surface area contributed by atoms with Gasteiger partial charge in [0.25, 0.3) is 0 Å². The van der Waals surface area contributed by atoms with Crippen molar-refractivity contribution in [3.05, 3.63) is 45.1 Å². The number of pyridine rings is 1. The molecule has 20 heavy (non-hydrogen) atoms. The van der Waals surface area contributed by atoms with Gasteiger partial charge in [-0.25, -0.2) is 0 Å². The molecule has 2 aromatic rings. The second-order valence-corrected chi connectivity index (χ2v) is 6.20. The lowest BCUT2D eigenvalue weighted by atomic mass is 10.0. The van der Waals surface area contributed by atoms with Gasteiger partial charge in [0.1, 0.15) is 5.75 Å². The third kappa shape index (κ3) is 3.07. The Morgan fingerprint density at radius 2 is 2.00 bits per heavy atom. The summed E-state index contributed by atoms with van der Waals surface area (Å²) in [5.74, 6) is 1.64. The van der Waals surface area contributed by atoms with E-state index in [4.69, 9.17) is 22.1 Å². The van der Waals surface area contributed by atoms with E-state index in [2.05, 4.69) is 34.8 Å². The molecule has 1 aromatic heterocycles. The van der Waals surface area contributed by atoms with Gasteiger partial charge in [-0.1, -0.05) is 25.4 Å². The number of nitrogens with zero attached hydrogens (tertiary/aromatic N) is 1. The van der Waals surface area contributed by atoms with Gasteiger partial charge >= 0.3 is 0 Å². The van der Waals surface area contributed by atoms with Crippen molar-refractivity contribution in [2.75, 3.05) is 5.73 Å². The van der Waals surface area contributed by atoms with Gasteiger partial charge < -0.3 is 10.5 Å². The first-order valence-corrected chi connectivity index (χ1v) is 7.44. The second-order valence-electron chi connectivity index (χ2n) is 4.94. The Kier molecular flexibility index (Phi) is 4.55.